The van der Waals surface area contributed by atoms with Crippen molar-refractivity contribution in [3.8, 4) is 10.4 Å². The van der Waals surface area contributed by atoms with E-state index in [9.17, 15) is 14.4 Å². The zero-order valence-corrected chi connectivity index (χ0v) is 20.7. The second-order valence-corrected chi connectivity index (χ2v) is 9.77. The van der Waals surface area contributed by atoms with Crippen LogP contribution in [0.15, 0.2) is 48.7 Å². The van der Waals surface area contributed by atoms with Gasteiger partial charge in [-0.3, -0.25) is 4.79 Å². The molecule has 0 saturated heterocycles. The summed E-state index contributed by atoms with van der Waals surface area (Å²) in [4.78, 5) is 41.9. The third kappa shape index (κ3) is 5.86. The van der Waals surface area contributed by atoms with Gasteiger partial charge in [0.25, 0.3) is 5.91 Å². The van der Waals surface area contributed by atoms with Crippen LogP contribution >= 0.6 is 11.3 Å². The van der Waals surface area contributed by atoms with Crippen LogP contribution in [0.3, 0.4) is 0 Å². The first-order chi connectivity index (χ1) is 16.8. The number of rotatable bonds is 7. The van der Waals surface area contributed by atoms with Crippen molar-refractivity contribution >= 4 is 40.6 Å². The summed E-state index contributed by atoms with van der Waals surface area (Å²) in [6.07, 6.45) is 4.94. The van der Waals surface area contributed by atoms with Crippen LogP contribution in [0.4, 0.5) is 16.2 Å². The molecule has 3 amide bonds. The number of benzene rings is 2. The SMILES string of the molecule is COC(=O)C(NC(=O)c1ncc(-c2ccc(NC(=O)Nc3ccc4c(c3)CCC4)cc2)s1)C(C)C. The van der Waals surface area contributed by atoms with E-state index in [1.165, 1.54) is 29.6 Å². The Hall–Kier alpha value is -3.72. The number of esters is 1. The van der Waals surface area contributed by atoms with Gasteiger partial charge in [-0.15, -0.1) is 11.3 Å². The Kier molecular flexibility index (Phi) is 7.45. The lowest BCUT2D eigenvalue weighted by molar-refractivity contribution is -0.144. The Morgan fingerprint density at radius 2 is 1.66 bits per heavy atom. The number of nitrogens with one attached hydrogen (secondary N) is 3. The highest BCUT2D eigenvalue weighted by atomic mass is 32.1. The summed E-state index contributed by atoms with van der Waals surface area (Å²) < 4.78 is 4.77. The number of thiazole rings is 1. The first kappa shape index (κ1) is 24.4. The molecule has 0 aliphatic heterocycles. The molecule has 0 saturated carbocycles. The van der Waals surface area contributed by atoms with Crippen LogP contribution in [0.25, 0.3) is 10.4 Å². The third-order valence-electron chi connectivity index (χ3n) is 5.89. The lowest BCUT2D eigenvalue weighted by atomic mass is 10.0. The maximum atomic E-state index is 12.6. The number of hydrogen-bond donors (Lipinski definition) is 3. The Labute approximate surface area is 208 Å². The molecule has 0 bridgehead atoms. The molecule has 0 radical (unpaired) electrons. The molecule has 9 heteroatoms. The van der Waals surface area contributed by atoms with Crippen LogP contribution < -0.4 is 16.0 Å². The second kappa shape index (κ2) is 10.7. The average molecular weight is 493 g/mol. The van der Waals surface area contributed by atoms with Crippen LogP contribution in [-0.4, -0.2) is 36.0 Å². The number of ether oxygens (including phenoxy) is 1. The summed E-state index contributed by atoms with van der Waals surface area (Å²) in [5.41, 5.74) is 4.95. The predicted molar refractivity (Wildman–Crippen MR) is 137 cm³/mol. The lowest BCUT2D eigenvalue weighted by Gasteiger charge is -2.18. The van der Waals surface area contributed by atoms with Crippen molar-refractivity contribution in [3.05, 3.63) is 64.8 Å². The van der Waals surface area contributed by atoms with Gasteiger partial charge in [-0.25, -0.2) is 14.6 Å². The molecule has 3 aromatic rings. The quantitative estimate of drug-likeness (QED) is 0.408. The maximum absolute atomic E-state index is 12.6. The van der Waals surface area contributed by atoms with Gasteiger partial charge in [-0.1, -0.05) is 32.0 Å². The Morgan fingerprint density at radius 1 is 0.971 bits per heavy atom. The van der Waals surface area contributed by atoms with E-state index in [0.717, 1.165) is 35.4 Å². The van der Waals surface area contributed by atoms with Gasteiger partial charge in [0.05, 0.1) is 12.0 Å². The van der Waals surface area contributed by atoms with Crippen molar-refractivity contribution < 1.29 is 19.1 Å². The minimum atomic E-state index is -0.742. The van der Waals surface area contributed by atoms with Crippen LogP contribution in [0.1, 0.15) is 41.2 Å². The summed E-state index contributed by atoms with van der Waals surface area (Å²) in [5.74, 6) is -1.04. The summed E-state index contributed by atoms with van der Waals surface area (Å²) >= 11 is 1.22. The van der Waals surface area contributed by atoms with E-state index >= 15 is 0 Å². The molecule has 35 heavy (non-hydrogen) atoms. The number of carbonyl (C=O) groups excluding carboxylic acids is 3. The smallest absolute Gasteiger partial charge is 0.328 e. The van der Waals surface area contributed by atoms with Gasteiger partial charge < -0.3 is 20.7 Å². The molecule has 0 spiro atoms. The molecular weight excluding hydrogens is 464 g/mol. The Morgan fingerprint density at radius 3 is 2.37 bits per heavy atom. The molecule has 3 N–H and O–H groups in total. The van der Waals surface area contributed by atoms with Crippen molar-refractivity contribution in [2.24, 2.45) is 5.92 Å². The fraction of sp³-hybridized carbons (Fsp3) is 0.308. The topological polar surface area (TPSA) is 109 Å². The molecule has 0 fully saturated rings. The number of hydrogen-bond acceptors (Lipinski definition) is 6. The summed E-state index contributed by atoms with van der Waals surface area (Å²) in [5, 5.41) is 8.67. The number of fused-ring (bicyclic) bond motifs is 1. The van der Waals surface area contributed by atoms with Crippen LogP contribution in [-0.2, 0) is 22.4 Å². The van der Waals surface area contributed by atoms with Crippen molar-refractivity contribution in [1.82, 2.24) is 10.3 Å². The van der Waals surface area contributed by atoms with E-state index in [-0.39, 0.29) is 17.0 Å². The van der Waals surface area contributed by atoms with Gasteiger partial charge in [0.2, 0.25) is 0 Å². The largest absolute Gasteiger partial charge is 0.467 e. The first-order valence-corrected chi connectivity index (χ1v) is 12.3. The molecule has 1 aliphatic rings. The standard InChI is InChI=1S/C26H28N4O4S/c1-15(2)22(25(32)34-3)30-23(31)24-27-14-21(35-24)17-8-10-19(11-9-17)28-26(33)29-20-12-7-16-5-4-6-18(16)13-20/h7-15,22H,4-6H2,1-3H3,(H,30,31)(H2,28,29,33). The predicted octanol–water partition coefficient (Wildman–Crippen LogP) is 4.87. The number of aryl methyl sites for hydroxylation is 2. The molecule has 1 aliphatic carbocycles. The second-order valence-electron chi connectivity index (χ2n) is 8.74. The molecule has 182 valence electrons. The highest BCUT2D eigenvalue weighted by Gasteiger charge is 2.26. The molecule has 1 heterocycles. The monoisotopic (exact) mass is 492 g/mol. The number of urea groups is 1. The fourth-order valence-corrected chi connectivity index (χ4v) is 4.83. The van der Waals surface area contributed by atoms with Crippen molar-refractivity contribution in [1.29, 1.82) is 0 Å². The van der Waals surface area contributed by atoms with E-state index in [4.69, 9.17) is 4.74 Å². The number of nitrogens with zero attached hydrogens (tertiary/aromatic N) is 1. The number of anilines is 2. The zero-order valence-electron chi connectivity index (χ0n) is 19.9. The van der Waals surface area contributed by atoms with Crippen LogP contribution in [0.5, 0.6) is 0 Å². The van der Waals surface area contributed by atoms with E-state index in [1.54, 1.807) is 18.3 Å². The lowest BCUT2D eigenvalue weighted by Crippen LogP contribution is -2.44. The number of aromatic nitrogens is 1. The summed E-state index contributed by atoms with van der Waals surface area (Å²) in [7, 11) is 1.29. The Balaban J connectivity index is 1.36. The van der Waals surface area contributed by atoms with Crippen molar-refractivity contribution in [2.45, 2.75) is 39.2 Å². The van der Waals surface area contributed by atoms with Gasteiger partial charge in [0, 0.05) is 17.6 Å². The minimum Gasteiger partial charge on any atom is -0.467 e. The molecule has 2 aromatic carbocycles. The zero-order chi connectivity index (χ0) is 24.9. The Bertz CT molecular complexity index is 1240. The summed E-state index contributed by atoms with van der Waals surface area (Å²) in [6, 6.07) is 12.3. The van der Waals surface area contributed by atoms with Gasteiger partial charge in [-0.2, -0.15) is 0 Å². The molecule has 1 aromatic heterocycles. The van der Waals surface area contributed by atoms with Gasteiger partial charge in [-0.05, 0) is 66.1 Å². The van der Waals surface area contributed by atoms with E-state index in [1.807, 2.05) is 38.1 Å². The maximum Gasteiger partial charge on any atom is 0.328 e. The van der Waals surface area contributed by atoms with Gasteiger partial charge in [0.15, 0.2) is 5.01 Å². The van der Waals surface area contributed by atoms with Crippen LogP contribution in [0, 0.1) is 5.92 Å². The molecule has 8 nitrogen and oxygen atoms in total. The molecular formula is C26H28N4O4S. The van der Waals surface area contributed by atoms with E-state index < -0.39 is 17.9 Å². The van der Waals surface area contributed by atoms with Crippen molar-refractivity contribution in [3.63, 3.8) is 0 Å². The fourth-order valence-electron chi connectivity index (χ4n) is 4.00. The van der Waals surface area contributed by atoms with E-state index in [2.05, 4.69) is 27.0 Å². The first-order valence-electron chi connectivity index (χ1n) is 11.5. The molecule has 1 atom stereocenters. The number of methoxy groups -OCH3 is 1. The minimum absolute atomic E-state index is 0.120. The molecule has 1 unspecified atom stereocenters. The van der Waals surface area contributed by atoms with Crippen molar-refractivity contribution in [2.75, 3.05) is 17.7 Å². The van der Waals surface area contributed by atoms with Gasteiger partial charge >= 0.3 is 12.0 Å². The highest BCUT2D eigenvalue weighted by molar-refractivity contribution is 7.17. The number of carbonyl (C=O) groups is 3. The van der Waals surface area contributed by atoms with Crippen LogP contribution in [0.2, 0.25) is 0 Å². The normalized spacial score (nSPS) is 13.1. The highest BCUT2D eigenvalue weighted by Crippen LogP contribution is 2.28. The third-order valence-corrected chi connectivity index (χ3v) is 6.94. The molecule has 4 rings (SSSR count). The number of amides is 3. The van der Waals surface area contributed by atoms with Gasteiger partial charge in [0.1, 0.15) is 6.04 Å². The average Bonchev–Trinajstić information content (AvgIpc) is 3.52. The van der Waals surface area contributed by atoms with E-state index in [0.29, 0.717) is 5.69 Å². The summed E-state index contributed by atoms with van der Waals surface area (Å²) in [6.45, 7) is 3.66.